The Morgan fingerprint density at radius 3 is 2.68 bits per heavy atom. The maximum Gasteiger partial charge on any atom is 0.133 e. The molecule has 1 aliphatic carbocycles. The zero-order chi connectivity index (χ0) is 21.0. The van der Waals surface area contributed by atoms with E-state index >= 15 is 0 Å². The van der Waals surface area contributed by atoms with E-state index in [1.807, 2.05) is 11.8 Å². The number of pyridine rings is 1. The molecule has 0 radical (unpaired) electrons. The Labute approximate surface area is 193 Å². The van der Waals surface area contributed by atoms with Crippen molar-refractivity contribution in [1.82, 2.24) is 15.0 Å². The van der Waals surface area contributed by atoms with Crippen LogP contribution < -0.4 is 4.90 Å². The molecule has 2 aliphatic rings. The number of fused-ring (bicyclic) bond motifs is 5. The number of rotatable bonds is 8. The molecule has 0 amide bonds. The van der Waals surface area contributed by atoms with Crippen molar-refractivity contribution in [2.75, 3.05) is 37.0 Å². The van der Waals surface area contributed by atoms with E-state index in [9.17, 15) is 0 Å². The van der Waals surface area contributed by atoms with Crippen molar-refractivity contribution in [2.24, 2.45) is 0 Å². The van der Waals surface area contributed by atoms with Crippen LogP contribution in [-0.4, -0.2) is 47.0 Å². The number of hydrogen-bond acceptors (Lipinski definition) is 7. The third-order valence-electron chi connectivity index (χ3n) is 6.46. The topological polar surface area (TPSA) is 51.1 Å². The number of anilines is 1. The summed E-state index contributed by atoms with van der Waals surface area (Å²) in [4.78, 5) is 18.2. The van der Waals surface area contributed by atoms with Crippen LogP contribution in [0.4, 0.5) is 5.82 Å². The molecular formula is C24H32N4OS2. The smallest absolute Gasteiger partial charge is 0.133 e. The molecule has 0 N–H and O–H groups in total. The van der Waals surface area contributed by atoms with Crippen molar-refractivity contribution >= 4 is 49.3 Å². The zero-order valence-corrected chi connectivity index (χ0v) is 20.1. The van der Waals surface area contributed by atoms with Gasteiger partial charge >= 0.3 is 0 Å². The average molecular weight is 457 g/mol. The van der Waals surface area contributed by atoms with Gasteiger partial charge in [0.2, 0.25) is 0 Å². The summed E-state index contributed by atoms with van der Waals surface area (Å²) < 4.78 is 6.83. The van der Waals surface area contributed by atoms with Crippen molar-refractivity contribution in [2.45, 2.75) is 69.7 Å². The lowest BCUT2D eigenvalue weighted by atomic mass is 9.90. The van der Waals surface area contributed by atoms with Gasteiger partial charge in [-0.2, -0.15) is 0 Å². The van der Waals surface area contributed by atoms with E-state index in [4.69, 9.17) is 14.7 Å². The Kier molecular flexibility index (Phi) is 6.91. The van der Waals surface area contributed by atoms with Crippen LogP contribution in [0.5, 0.6) is 0 Å². The van der Waals surface area contributed by atoms with Crippen molar-refractivity contribution in [3.05, 3.63) is 17.5 Å². The Balaban J connectivity index is 1.50. The van der Waals surface area contributed by atoms with E-state index in [1.54, 1.807) is 17.7 Å². The highest BCUT2D eigenvalue weighted by Crippen LogP contribution is 2.43. The van der Waals surface area contributed by atoms with E-state index in [-0.39, 0.29) is 0 Å². The molecule has 5 rings (SSSR count). The molecule has 3 aromatic heterocycles. The molecule has 1 fully saturated rings. The summed E-state index contributed by atoms with van der Waals surface area (Å²) in [5, 5.41) is 2.44. The van der Waals surface area contributed by atoms with Crippen molar-refractivity contribution in [1.29, 1.82) is 0 Å². The van der Waals surface area contributed by atoms with Crippen molar-refractivity contribution in [3.63, 3.8) is 0 Å². The maximum atomic E-state index is 5.60. The number of unbranched alkanes of at least 4 members (excludes halogenated alkanes) is 4. The molecule has 3 aromatic rings. The molecular weight excluding hydrogens is 424 g/mol. The minimum atomic E-state index is 0.797. The zero-order valence-electron chi connectivity index (χ0n) is 18.5. The van der Waals surface area contributed by atoms with Crippen LogP contribution in [0.25, 0.3) is 20.4 Å². The first-order valence-electron chi connectivity index (χ1n) is 11.9. The molecule has 4 heterocycles. The van der Waals surface area contributed by atoms with Gasteiger partial charge < -0.3 is 9.64 Å². The molecule has 0 saturated carbocycles. The summed E-state index contributed by atoms with van der Waals surface area (Å²) in [5.74, 6) is 2.34. The predicted octanol–water partition coefficient (Wildman–Crippen LogP) is 6.02. The van der Waals surface area contributed by atoms with Crippen molar-refractivity contribution in [3.8, 4) is 0 Å². The summed E-state index contributed by atoms with van der Waals surface area (Å²) in [5.41, 5.74) is 4.09. The second-order valence-corrected chi connectivity index (χ2v) is 10.7. The molecule has 0 bridgehead atoms. The highest BCUT2D eigenvalue weighted by molar-refractivity contribution is 7.99. The Hall–Kier alpha value is -1.44. The number of hydrogen-bond donors (Lipinski definition) is 0. The number of thioether (sulfide) groups is 1. The summed E-state index contributed by atoms with van der Waals surface area (Å²) in [6, 6.07) is 0. The minimum absolute atomic E-state index is 0.797. The lowest BCUT2D eigenvalue weighted by Crippen LogP contribution is -2.37. The summed E-state index contributed by atoms with van der Waals surface area (Å²) in [7, 11) is 0. The summed E-state index contributed by atoms with van der Waals surface area (Å²) >= 11 is 3.69. The number of ether oxygens (including phenoxy) is 1. The fourth-order valence-corrected chi connectivity index (χ4v) is 7.06. The normalized spacial score (nSPS) is 16.9. The van der Waals surface area contributed by atoms with E-state index in [0.717, 1.165) is 60.3 Å². The van der Waals surface area contributed by atoms with Gasteiger partial charge in [-0.1, -0.05) is 32.6 Å². The standard InChI is InChI=1S/C24H32N4OS2/c1-2-3-4-5-8-15-30-24-21-20(25-16-26-24)19-17-9-6-7-10-18(17)22(27-23(19)31-21)28-11-13-29-14-12-28/h16H,2-15H2,1H3. The van der Waals surface area contributed by atoms with Crippen LogP contribution >= 0.6 is 23.1 Å². The lowest BCUT2D eigenvalue weighted by molar-refractivity contribution is 0.122. The van der Waals surface area contributed by atoms with Gasteiger partial charge in [0, 0.05) is 18.5 Å². The molecule has 7 heteroatoms. The monoisotopic (exact) mass is 456 g/mol. The van der Waals surface area contributed by atoms with Crippen LogP contribution in [0.1, 0.15) is 63.0 Å². The SMILES string of the molecule is CCCCCCCSc1ncnc2c1sc1nc(N3CCOCC3)c3c(c12)CCCC3. The first-order valence-corrected chi connectivity index (χ1v) is 13.7. The largest absolute Gasteiger partial charge is 0.378 e. The predicted molar refractivity (Wildman–Crippen MR) is 132 cm³/mol. The third-order valence-corrected chi connectivity index (χ3v) is 8.75. The highest BCUT2D eigenvalue weighted by atomic mass is 32.2. The molecule has 31 heavy (non-hydrogen) atoms. The number of aryl methyl sites for hydroxylation is 1. The van der Waals surface area contributed by atoms with Crippen LogP contribution in [0.3, 0.4) is 0 Å². The fourth-order valence-electron chi connectivity index (χ4n) is 4.83. The number of morpholine rings is 1. The summed E-state index contributed by atoms with van der Waals surface area (Å²) in [6.45, 7) is 5.74. The average Bonchev–Trinajstić information content (AvgIpc) is 3.21. The van der Waals surface area contributed by atoms with Gasteiger partial charge in [-0.3, -0.25) is 0 Å². The van der Waals surface area contributed by atoms with Gasteiger partial charge in [-0.15, -0.1) is 23.1 Å². The maximum absolute atomic E-state index is 5.60. The van der Waals surface area contributed by atoms with Crippen LogP contribution in [-0.2, 0) is 17.6 Å². The van der Waals surface area contributed by atoms with Crippen LogP contribution in [0.2, 0.25) is 0 Å². The molecule has 166 valence electrons. The third kappa shape index (κ3) is 4.41. The van der Waals surface area contributed by atoms with Gasteiger partial charge in [0.25, 0.3) is 0 Å². The quantitative estimate of drug-likeness (QED) is 0.235. The van der Waals surface area contributed by atoms with E-state index in [1.165, 1.54) is 72.0 Å². The molecule has 5 nitrogen and oxygen atoms in total. The first kappa shape index (κ1) is 21.4. The molecule has 1 aliphatic heterocycles. The van der Waals surface area contributed by atoms with E-state index in [0.29, 0.717) is 0 Å². The molecule has 1 saturated heterocycles. The second kappa shape index (κ2) is 10.0. The minimum Gasteiger partial charge on any atom is -0.378 e. The van der Waals surface area contributed by atoms with E-state index < -0.39 is 0 Å². The fraction of sp³-hybridized carbons (Fsp3) is 0.625. The molecule has 0 atom stereocenters. The van der Waals surface area contributed by atoms with E-state index in [2.05, 4.69) is 16.8 Å². The van der Waals surface area contributed by atoms with Crippen molar-refractivity contribution < 1.29 is 4.74 Å². The van der Waals surface area contributed by atoms with Gasteiger partial charge in [-0.25, -0.2) is 15.0 Å². The Morgan fingerprint density at radius 2 is 1.84 bits per heavy atom. The Bertz CT molecular complexity index is 1050. The summed E-state index contributed by atoms with van der Waals surface area (Å²) in [6.07, 6.45) is 13.1. The number of aromatic nitrogens is 3. The second-order valence-electron chi connectivity index (χ2n) is 8.60. The number of thiophene rings is 1. The highest BCUT2D eigenvalue weighted by Gasteiger charge is 2.26. The van der Waals surface area contributed by atoms with Gasteiger partial charge in [-0.05, 0) is 49.0 Å². The van der Waals surface area contributed by atoms with Gasteiger partial charge in [0.15, 0.2) is 0 Å². The molecule has 0 aromatic carbocycles. The van der Waals surface area contributed by atoms with Gasteiger partial charge in [0.05, 0.1) is 23.4 Å². The van der Waals surface area contributed by atoms with Crippen LogP contribution in [0.15, 0.2) is 11.4 Å². The number of nitrogens with zero attached hydrogens (tertiary/aromatic N) is 4. The molecule has 0 spiro atoms. The lowest BCUT2D eigenvalue weighted by Gasteiger charge is -2.31. The first-order chi connectivity index (χ1) is 15.4. The molecule has 0 unspecified atom stereocenters. The van der Waals surface area contributed by atoms with Gasteiger partial charge in [0.1, 0.15) is 22.0 Å². The van der Waals surface area contributed by atoms with Crippen LogP contribution in [0, 0.1) is 0 Å². The Morgan fingerprint density at radius 1 is 1.03 bits per heavy atom.